The van der Waals surface area contributed by atoms with Crippen molar-refractivity contribution in [2.75, 3.05) is 18.5 Å². The van der Waals surface area contributed by atoms with Crippen LogP contribution in [0.25, 0.3) is 0 Å². The molecule has 108 valence electrons. The van der Waals surface area contributed by atoms with Gasteiger partial charge in [0.25, 0.3) is 5.91 Å². The van der Waals surface area contributed by atoms with Crippen molar-refractivity contribution in [3.05, 3.63) is 40.6 Å². The van der Waals surface area contributed by atoms with Crippen molar-refractivity contribution in [2.45, 2.75) is 0 Å². The molecule has 1 aromatic heterocycles. The van der Waals surface area contributed by atoms with E-state index >= 15 is 0 Å². The smallest absolute Gasteiger partial charge is 0.257 e. The zero-order valence-electron chi connectivity index (χ0n) is 10.8. The molecule has 0 spiro atoms. The Balaban J connectivity index is 1.86. The third kappa shape index (κ3) is 2.92. The number of halogens is 1. The van der Waals surface area contributed by atoms with Crippen LogP contribution in [0.4, 0.5) is 5.69 Å². The average molecular weight is 351 g/mol. The van der Waals surface area contributed by atoms with Crippen LogP contribution in [0.2, 0.25) is 0 Å². The molecule has 1 aliphatic rings. The first-order valence-corrected chi connectivity index (χ1v) is 6.97. The molecule has 6 nitrogen and oxygen atoms in total. The summed E-state index contributed by atoms with van der Waals surface area (Å²) in [5.41, 5.74) is 0.810. The summed E-state index contributed by atoms with van der Waals surface area (Å²) in [5, 5.41) is 12.1. The third-order valence-corrected chi connectivity index (χ3v) is 3.52. The van der Waals surface area contributed by atoms with Crippen LogP contribution in [0.1, 0.15) is 10.4 Å². The van der Waals surface area contributed by atoms with E-state index < -0.39 is 0 Å². The summed E-state index contributed by atoms with van der Waals surface area (Å²) in [6.07, 6.45) is 2.64. The third-order valence-electron chi connectivity index (χ3n) is 2.87. The number of pyridine rings is 1. The predicted octanol–water partition coefficient (Wildman–Crippen LogP) is 2.57. The van der Waals surface area contributed by atoms with Gasteiger partial charge in [-0.1, -0.05) is 0 Å². The van der Waals surface area contributed by atoms with Gasteiger partial charge in [-0.3, -0.25) is 9.78 Å². The number of nitrogens with zero attached hydrogens (tertiary/aromatic N) is 1. The highest BCUT2D eigenvalue weighted by atomic mass is 79.9. The van der Waals surface area contributed by atoms with Crippen molar-refractivity contribution in [2.24, 2.45) is 0 Å². The maximum atomic E-state index is 12.1. The lowest BCUT2D eigenvalue weighted by Crippen LogP contribution is -2.17. The molecule has 0 bridgehead atoms. The Hall–Kier alpha value is -2.28. The van der Waals surface area contributed by atoms with E-state index in [-0.39, 0.29) is 17.2 Å². The van der Waals surface area contributed by atoms with Gasteiger partial charge in [0, 0.05) is 22.8 Å². The first-order valence-electron chi connectivity index (χ1n) is 6.18. The summed E-state index contributed by atoms with van der Waals surface area (Å²) in [5.74, 6) is 0.763. The van der Waals surface area contributed by atoms with E-state index in [0.29, 0.717) is 34.9 Å². The van der Waals surface area contributed by atoms with Crippen LogP contribution in [0.15, 0.2) is 35.1 Å². The van der Waals surface area contributed by atoms with E-state index in [1.165, 1.54) is 18.5 Å². The van der Waals surface area contributed by atoms with Gasteiger partial charge >= 0.3 is 0 Å². The monoisotopic (exact) mass is 350 g/mol. The Morgan fingerprint density at radius 1 is 1.19 bits per heavy atom. The van der Waals surface area contributed by atoms with Crippen LogP contribution in [0.3, 0.4) is 0 Å². The molecule has 1 amide bonds. The number of hydrogen-bond acceptors (Lipinski definition) is 5. The SMILES string of the molecule is O=C(Nc1cc2c(cc1Br)OCCO2)c1cncc(O)c1. The normalized spacial score (nSPS) is 12.8. The molecule has 21 heavy (non-hydrogen) atoms. The lowest BCUT2D eigenvalue weighted by Gasteiger charge is -2.20. The zero-order valence-corrected chi connectivity index (χ0v) is 12.4. The Bertz CT molecular complexity index is 705. The van der Waals surface area contributed by atoms with Crippen molar-refractivity contribution in [1.29, 1.82) is 0 Å². The predicted molar refractivity (Wildman–Crippen MR) is 79.0 cm³/mol. The van der Waals surface area contributed by atoms with Crippen molar-refractivity contribution in [1.82, 2.24) is 4.98 Å². The molecule has 7 heteroatoms. The minimum atomic E-state index is -0.379. The van der Waals surface area contributed by atoms with E-state index in [1.54, 1.807) is 12.1 Å². The first-order chi connectivity index (χ1) is 10.1. The second kappa shape index (κ2) is 5.61. The number of hydrogen-bond donors (Lipinski definition) is 2. The highest BCUT2D eigenvalue weighted by Crippen LogP contribution is 2.38. The van der Waals surface area contributed by atoms with Gasteiger partial charge in [-0.2, -0.15) is 0 Å². The first kappa shape index (κ1) is 13.7. The van der Waals surface area contributed by atoms with Crippen LogP contribution in [-0.2, 0) is 0 Å². The number of aromatic nitrogens is 1. The summed E-state index contributed by atoms with van der Waals surface area (Å²) >= 11 is 3.38. The number of aromatic hydroxyl groups is 1. The van der Waals surface area contributed by atoms with Crippen LogP contribution in [0, 0.1) is 0 Å². The number of nitrogens with one attached hydrogen (secondary N) is 1. The molecular formula is C14H11BrN2O4. The standard InChI is InChI=1S/C14H11BrN2O4/c15-10-4-12-13(21-2-1-20-12)5-11(10)17-14(19)8-3-9(18)7-16-6-8/h3-7,18H,1-2H2,(H,17,19). The lowest BCUT2D eigenvalue weighted by molar-refractivity contribution is 0.102. The van der Waals surface area contributed by atoms with Gasteiger partial charge in [-0.15, -0.1) is 0 Å². The quantitative estimate of drug-likeness (QED) is 0.869. The molecule has 2 N–H and O–H groups in total. The van der Waals surface area contributed by atoms with E-state index in [4.69, 9.17) is 9.47 Å². The zero-order chi connectivity index (χ0) is 14.8. The number of carbonyl (C=O) groups excluding carboxylic acids is 1. The van der Waals surface area contributed by atoms with Gasteiger partial charge in [0.2, 0.25) is 0 Å². The highest BCUT2D eigenvalue weighted by molar-refractivity contribution is 9.10. The van der Waals surface area contributed by atoms with Gasteiger partial charge in [-0.05, 0) is 22.0 Å². The molecule has 0 atom stereocenters. The second-order valence-electron chi connectivity index (χ2n) is 4.36. The maximum Gasteiger partial charge on any atom is 0.257 e. The molecule has 0 unspecified atom stereocenters. The van der Waals surface area contributed by atoms with Crippen molar-refractivity contribution in [3.8, 4) is 17.2 Å². The fourth-order valence-corrected chi connectivity index (χ4v) is 2.33. The van der Waals surface area contributed by atoms with Gasteiger partial charge in [0.15, 0.2) is 11.5 Å². The van der Waals surface area contributed by atoms with Gasteiger partial charge in [0.1, 0.15) is 19.0 Å². The fourth-order valence-electron chi connectivity index (χ4n) is 1.91. The van der Waals surface area contributed by atoms with E-state index in [9.17, 15) is 9.90 Å². The molecule has 2 heterocycles. The van der Waals surface area contributed by atoms with Crippen LogP contribution in [0.5, 0.6) is 17.2 Å². The van der Waals surface area contributed by atoms with E-state index in [2.05, 4.69) is 26.2 Å². The number of anilines is 1. The number of rotatable bonds is 2. The van der Waals surface area contributed by atoms with Crippen LogP contribution in [-0.4, -0.2) is 29.2 Å². The fraction of sp³-hybridized carbons (Fsp3) is 0.143. The second-order valence-corrected chi connectivity index (χ2v) is 5.22. The van der Waals surface area contributed by atoms with Crippen molar-refractivity contribution < 1.29 is 19.4 Å². The van der Waals surface area contributed by atoms with Crippen molar-refractivity contribution in [3.63, 3.8) is 0 Å². The van der Waals surface area contributed by atoms with Gasteiger partial charge in [0.05, 0.1) is 17.4 Å². The molecule has 3 rings (SSSR count). The summed E-state index contributed by atoms with van der Waals surface area (Å²) < 4.78 is 11.6. The Kier molecular flexibility index (Phi) is 3.66. The average Bonchev–Trinajstić information content (AvgIpc) is 2.48. The maximum absolute atomic E-state index is 12.1. The topological polar surface area (TPSA) is 80.7 Å². The summed E-state index contributed by atoms with van der Waals surface area (Å²) in [6.45, 7) is 0.971. The number of amides is 1. The number of fused-ring (bicyclic) bond motifs is 1. The Morgan fingerprint density at radius 2 is 1.90 bits per heavy atom. The molecular weight excluding hydrogens is 340 g/mol. The molecule has 0 radical (unpaired) electrons. The molecule has 1 aliphatic heterocycles. The van der Waals surface area contributed by atoms with E-state index in [0.717, 1.165) is 0 Å². The van der Waals surface area contributed by atoms with Gasteiger partial charge in [-0.25, -0.2) is 0 Å². The largest absolute Gasteiger partial charge is 0.506 e. The van der Waals surface area contributed by atoms with E-state index in [1.807, 2.05) is 0 Å². The van der Waals surface area contributed by atoms with Crippen LogP contribution < -0.4 is 14.8 Å². The Morgan fingerprint density at radius 3 is 2.62 bits per heavy atom. The number of benzene rings is 1. The molecule has 1 aromatic carbocycles. The molecule has 0 saturated carbocycles. The summed E-state index contributed by atoms with van der Waals surface area (Å²) in [6, 6.07) is 4.77. The van der Waals surface area contributed by atoms with Crippen LogP contribution >= 0.6 is 15.9 Å². The van der Waals surface area contributed by atoms with Crippen molar-refractivity contribution >= 4 is 27.5 Å². The molecule has 0 aliphatic carbocycles. The lowest BCUT2D eigenvalue weighted by atomic mass is 10.2. The number of ether oxygens (including phenoxy) is 2. The minimum Gasteiger partial charge on any atom is -0.506 e. The minimum absolute atomic E-state index is 0.0658. The summed E-state index contributed by atoms with van der Waals surface area (Å²) in [4.78, 5) is 15.9. The molecule has 0 saturated heterocycles. The number of carbonyl (C=O) groups is 1. The van der Waals surface area contributed by atoms with Gasteiger partial charge < -0.3 is 19.9 Å². The Labute approximate surface area is 128 Å². The summed E-state index contributed by atoms with van der Waals surface area (Å²) in [7, 11) is 0. The highest BCUT2D eigenvalue weighted by Gasteiger charge is 2.17. The molecule has 0 fully saturated rings. The molecule has 2 aromatic rings.